The number of amides is 2. The number of likely N-dealkylation sites (N-methyl/N-ethyl adjacent to an activating group) is 1. The Kier molecular flexibility index (Phi) is 6.77. The van der Waals surface area contributed by atoms with Crippen LogP contribution in [0.25, 0.3) is 0 Å². The molecule has 0 atom stereocenters. The summed E-state index contributed by atoms with van der Waals surface area (Å²) in [5.41, 5.74) is 1.65. The fourth-order valence-electron chi connectivity index (χ4n) is 2.95. The SMILES string of the molecule is CC(=O)N1CCCc2cc(S(=O)(=O)CCC(=O)NCCN(C)C)ccc21. The maximum absolute atomic E-state index is 12.6. The highest BCUT2D eigenvalue weighted by Gasteiger charge is 2.23. The Morgan fingerprint density at radius 3 is 2.65 bits per heavy atom. The number of sulfone groups is 1. The third-order valence-electron chi connectivity index (χ3n) is 4.39. The maximum Gasteiger partial charge on any atom is 0.223 e. The van der Waals surface area contributed by atoms with E-state index in [1.807, 2.05) is 19.0 Å². The molecule has 2 rings (SSSR count). The van der Waals surface area contributed by atoms with Crippen molar-refractivity contribution in [3.05, 3.63) is 23.8 Å². The zero-order valence-corrected chi connectivity index (χ0v) is 16.4. The van der Waals surface area contributed by atoms with Crippen LogP contribution < -0.4 is 10.2 Å². The molecule has 0 fully saturated rings. The number of anilines is 1. The van der Waals surface area contributed by atoms with E-state index in [-0.39, 0.29) is 28.9 Å². The molecular weight excluding hydrogens is 354 g/mol. The zero-order valence-electron chi connectivity index (χ0n) is 15.6. The standard InChI is InChI=1S/C18H27N3O4S/c1-14(22)21-10-4-5-15-13-16(6-7-17(15)21)26(24,25)12-8-18(23)19-9-11-20(2)3/h6-7,13H,4-5,8-12H2,1-3H3,(H,19,23). The van der Waals surface area contributed by atoms with Gasteiger partial charge in [0.05, 0.1) is 10.6 Å². The second-order valence-electron chi connectivity index (χ2n) is 6.79. The molecule has 0 aromatic heterocycles. The lowest BCUT2D eigenvalue weighted by Gasteiger charge is -2.28. The van der Waals surface area contributed by atoms with Gasteiger partial charge in [-0.05, 0) is 50.7 Å². The fraction of sp³-hybridized carbons (Fsp3) is 0.556. The lowest BCUT2D eigenvalue weighted by molar-refractivity contribution is -0.120. The molecule has 1 N–H and O–H groups in total. The van der Waals surface area contributed by atoms with Gasteiger partial charge in [-0.3, -0.25) is 9.59 Å². The number of aryl methyl sites for hydroxylation is 1. The summed E-state index contributed by atoms with van der Waals surface area (Å²) in [6.45, 7) is 3.36. The maximum atomic E-state index is 12.6. The monoisotopic (exact) mass is 381 g/mol. The first-order valence-electron chi connectivity index (χ1n) is 8.76. The van der Waals surface area contributed by atoms with E-state index in [1.165, 1.54) is 13.0 Å². The van der Waals surface area contributed by atoms with Gasteiger partial charge in [-0.1, -0.05) is 0 Å². The quantitative estimate of drug-likeness (QED) is 0.756. The first kappa shape index (κ1) is 20.4. The first-order valence-corrected chi connectivity index (χ1v) is 10.4. The Labute approximate surface area is 155 Å². The van der Waals surface area contributed by atoms with Crippen molar-refractivity contribution < 1.29 is 18.0 Å². The summed E-state index contributed by atoms with van der Waals surface area (Å²) in [5, 5.41) is 2.72. The normalized spacial score (nSPS) is 14.2. The number of hydrogen-bond donors (Lipinski definition) is 1. The Morgan fingerprint density at radius 2 is 2.00 bits per heavy atom. The van der Waals surface area contributed by atoms with Crippen molar-refractivity contribution in [2.75, 3.05) is 44.4 Å². The molecule has 8 heteroatoms. The predicted octanol–water partition coefficient (Wildman–Crippen LogP) is 0.827. The smallest absolute Gasteiger partial charge is 0.223 e. The molecule has 0 saturated carbocycles. The minimum absolute atomic E-state index is 0.0454. The van der Waals surface area contributed by atoms with Crippen molar-refractivity contribution in [3.8, 4) is 0 Å². The Balaban J connectivity index is 2.03. The average Bonchev–Trinajstić information content (AvgIpc) is 2.58. The van der Waals surface area contributed by atoms with Crippen LogP contribution in [0.15, 0.2) is 23.1 Å². The molecule has 0 spiro atoms. The molecule has 2 amide bonds. The Morgan fingerprint density at radius 1 is 1.27 bits per heavy atom. The van der Waals surface area contributed by atoms with Gasteiger partial charge in [-0.15, -0.1) is 0 Å². The van der Waals surface area contributed by atoms with Crippen LogP contribution in [0.2, 0.25) is 0 Å². The molecule has 0 radical (unpaired) electrons. The first-order chi connectivity index (χ1) is 12.2. The Hall–Kier alpha value is -1.93. The van der Waals surface area contributed by atoms with E-state index in [4.69, 9.17) is 0 Å². The van der Waals surface area contributed by atoms with Crippen molar-refractivity contribution in [2.24, 2.45) is 0 Å². The topological polar surface area (TPSA) is 86.8 Å². The highest BCUT2D eigenvalue weighted by molar-refractivity contribution is 7.91. The molecule has 0 saturated heterocycles. The van der Waals surface area contributed by atoms with E-state index in [9.17, 15) is 18.0 Å². The van der Waals surface area contributed by atoms with Crippen LogP contribution in [0, 0.1) is 0 Å². The lowest BCUT2D eigenvalue weighted by Crippen LogP contribution is -2.33. The van der Waals surface area contributed by atoms with Gasteiger partial charge in [0.15, 0.2) is 9.84 Å². The van der Waals surface area contributed by atoms with Crippen molar-refractivity contribution in [3.63, 3.8) is 0 Å². The van der Waals surface area contributed by atoms with E-state index in [0.29, 0.717) is 19.6 Å². The van der Waals surface area contributed by atoms with Crippen LogP contribution in [-0.2, 0) is 25.8 Å². The molecule has 1 aliphatic heterocycles. The lowest BCUT2D eigenvalue weighted by atomic mass is 10.0. The van der Waals surface area contributed by atoms with E-state index in [2.05, 4.69) is 5.32 Å². The third-order valence-corrected chi connectivity index (χ3v) is 6.10. The number of hydrogen-bond acceptors (Lipinski definition) is 5. The molecule has 1 heterocycles. The van der Waals surface area contributed by atoms with Gasteiger partial charge in [0.1, 0.15) is 0 Å². The van der Waals surface area contributed by atoms with E-state index in [0.717, 1.165) is 24.1 Å². The summed E-state index contributed by atoms with van der Waals surface area (Å²) in [6.07, 6.45) is 1.49. The summed E-state index contributed by atoms with van der Waals surface area (Å²) in [5.74, 6) is -0.539. The molecule has 0 unspecified atom stereocenters. The summed E-state index contributed by atoms with van der Waals surface area (Å²) < 4.78 is 25.1. The highest BCUT2D eigenvalue weighted by Crippen LogP contribution is 2.29. The van der Waals surface area contributed by atoms with Crippen LogP contribution in [0.3, 0.4) is 0 Å². The largest absolute Gasteiger partial charge is 0.355 e. The van der Waals surface area contributed by atoms with Gasteiger partial charge in [0.2, 0.25) is 11.8 Å². The summed E-state index contributed by atoms with van der Waals surface area (Å²) in [6, 6.07) is 4.86. The van der Waals surface area contributed by atoms with Gasteiger partial charge in [0.25, 0.3) is 0 Å². The van der Waals surface area contributed by atoms with E-state index in [1.54, 1.807) is 17.0 Å². The predicted molar refractivity (Wildman–Crippen MR) is 101 cm³/mol. The van der Waals surface area contributed by atoms with Crippen molar-refractivity contribution in [1.29, 1.82) is 0 Å². The zero-order chi connectivity index (χ0) is 19.3. The second kappa shape index (κ2) is 8.64. The van der Waals surface area contributed by atoms with Crippen LogP contribution in [0.5, 0.6) is 0 Å². The fourth-order valence-corrected chi connectivity index (χ4v) is 4.23. The van der Waals surface area contributed by atoms with Crippen LogP contribution in [0.1, 0.15) is 25.3 Å². The van der Waals surface area contributed by atoms with E-state index < -0.39 is 9.84 Å². The molecule has 26 heavy (non-hydrogen) atoms. The summed E-state index contributed by atoms with van der Waals surface area (Å²) in [4.78, 5) is 27.3. The van der Waals surface area contributed by atoms with Gasteiger partial charge < -0.3 is 15.1 Å². The van der Waals surface area contributed by atoms with E-state index >= 15 is 0 Å². The number of fused-ring (bicyclic) bond motifs is 1. The number of benzene rings is 1. The number of carbonyl (C=O) groups is 2. The van der Waals surface area contributed by atoms with Gasteiger partial charge in [-0.25, -0.2) is 8.42 Å². The molecule has 144 valence electrons. The summed E-state index contributed by atoms with van der Waals surface area (Å²) in [7, 11) is 0.263. The molecular formula is C18H27N3O4S. The number of nitrogens with one attached hydrogen (secondary N) is 1. The van der Waals surface area contributed by atoms with Crippen molar-refractivity contribution >= 4 is 27.3 Å². The molecule has 0 bridgehead atoms. The van der Waals surface area contributed by atoms with Crippen molar-refractivity contribution in [2.45, 2.75) is 31.1 Å². The van der Waals surface area contributed by atoms with Crippen LogP contribution in [-0.4, -0.2) is 64.6 Å². The number of rotatable bonds is 7. The van der Waals surface area contributed by atoms with Gasteiger partial charge in [-0.2, -0.15) is 0 Å². The molecule has 7 nitrogen and oxygen atoms in total. The van der Waals surface area contributed by atoms with Crippen molar-refractivity contribution in [1.82, 2.24) is 10.2 Å². The molecule has 1 aromatic carbocycles. The van der Waals surface area contributed by atoms with Crippen LogP contribution in [0.4, 0.5) is 5.69 Å². The van der Waals surface area contributed by atoms with Gasteiger partial charge >= 0.3 is 0 Å². The minimum Gasteiger partial charge on any atom is -0.355 e. The Bertz CT molecular complexity index is 775. The molecule has 0 aliphatic carbocycles. The molecule has 1 aromatic rings. The summed E-state index contributed by atoms with van der Waals surface area (Å²) >= 11 is 0. The highest BCUT2D eigenvalue weighted by atomic mass is 32.2. The van der Waals surface area contributed by atoms with Gasteiger partial charge in [0, 0.05) is 38.7 Å². The average molecular weight is 381 g/mol. The third kappa shape index (κ3) is 5.28. The second-order valence-corrected chi connectivity index (χ2v) is 8.90. The minimum atomic E-state index is -3.54. The molecule has 1 aliphatic rings. The number of nitrogens with zero attached hydrogens (tertiary/aromatic N) is 2. The van der Waals surface area contributed by atoms with Crippen LogP contribution >= 0.6 is 0 Å². The number of carbonyl (C=O) groups excluding carboxylic acids is 2.